The number of anilines is 1. The molecule has 1 unspecified atom stereocenters. The Balaban J connectivity index is 1.83. The van der Waals surface area contributed by atoms with Crippen molar-refractivity contribution in [1.29, 1.82) is 0 Å². The van der Waals surface area contributed by atoms with Crippen LogP contribution in [-0.4, -0.2) is 46.4 Å². The van der Waals surface area contributed by atoms with Crippen molar-refractivity contribution in [3.63, 3.8) is 0 Å². The van der Waals surface area contributed by atoms with Gasteiger partial charge in [-0.3, -0.25) is 34.2 Å². The lowest BCUT2D eigenvalue weighted by atomic mass is 10.0. The van der Waals surface area contributed by atoms with E-state index in [4.69, 9.17) is 11.6 Å². The molecule has 1 fully saturated rings. The first kappa shape index (κ1) is 19.0. The van der Waals surface area contributed by atoms with Gasteiger partial charge in [0, 0.05) is 18.7 Å². The Labute approximate surface area is 160 Å². The van der Waals surface area contributed by atoms with Crippen LogP contribution >= 0.6 is 11.6 Å². The second kappa shape index (κ2) is 7.87. The SMILES string of the molecule is O=C1CCC(N2C(=O)c3cccc(NC(=O)CCCCCl)c3C2=O)C(=O)N1. The Morgan fingerprint density at radius 2 is 1.96 bits per heavy atom. The largest absolute Gasteiger partial charge is 0.325 e. The Morgan fingerprint density at radius 1 is 1.19 bits per heavy atom. The number of nitrogens with zero attached hydrogens (tertiary/aromatic N) is 1. The minimum Gasteiger partial charge on any atom is -0.325 e. The highest BCUT2D eigenvalue weighted by atomic mass is 35.5. The van der Waals surface area contributed by atoms with E-state index in [0.717, 1.165) is 4.90 Å². The molecule has 3 rings (SSSR count). The van der Waals surface area contributed by atoms with Crippen LogP contribution in [0.2, 0.25) is 0 Å². The number of benzene rings is 1. The minimum atomic E-state index is -1.04. The maximum atomic E-state index is 12.9. The van der Waals surface area contributed by atoms with E-state index >= 15 is 0 Å². The molecule has 5 amide bonds. The number of halogens is 1. The number of hydrogen-bond acceptors (Lipinski definition) is 5. The molecular weight excluding hydrogens is 374 g/mol. The lowest BCUT2D eigenvalue weighted by molar-refractivity contribution is -0.136. The molecule has 8 nitrogen and oxygen atoms in total. The van der Waals surface area contributed by atoms with Gasteiger partial charge in [0.15, 0.2) is 0 Å². The number of carbonyl (C=O) groups excluding carboxylic acids is 5. The van der Waals surface area contributed by atoms with Crippen LogP contribution in [0.3, 0.4) is 0 Å². The maximum absolute atomic E-state index is 12.9. The molecule has 0 spiro atoms. The molecule has 0 bridgehead atoms. The summed E-state index contributed by atoms with van der Waals surface area (Å²) in [7, 11) is 0. The molecule has 2 aliphatic rings. The molecule has 0 aromatic heterocycles. The minimum absolute atomic E-state index is 0.0496. The summed E-state index contributed by atoms with van der Waals surface area (Å²) in [5.41, 5.74) is 0.428. The van der Waals surface area contributed by atoms with E-state index < -0.39 is 29.7 Å². The molecule has 27 heavy (non-hydrogen) atoms. The van der Waals surface area contributed by atoms with Gasteiger partial charge in [0.2, 0.25) is 17.7 Å². The fourth-order valence-corrected chi connectivity index (χ4v) is 3.40. The van der Waals surface area contributed by atoms with Crippen molar-refractivity contribution < 1.29 is 24.0 Å². The average Bonchev–Trinajstić information content (AvgIpc) is 2.88. The number of rotatable bonds is 6. The highest BCUT2D eigenvalue weighted by Crippen LogP contribution is 2.32. The van der Waals surface area contributed by atoms with Gasteiger partial charge in [0.1, 0.15) is 6.04 Å². The van der Waals surface area contributed by atoms with Gasteiger partial charge in [-0.05, 0) is 31.4 Å². The molecule has 1 aromatic carbocycles. The van der Waals surface area contributed by atoms with Gasteiger partial charge in [-0.15, -0.1) is 11.6 Å². The molecule has 0 saturated carbocycles. The number of hydrogen-bond donors (Lipinski definition) is 2. The Kier molecular flexibility index (Phi) is 5.55. The van der Waals surface area contributed by atoms with Crippen LogP contribution in [0.25, 0.3) is 0 Å². The van der Waals surface area contributed by atoms with Crippen LogP contribution in [0, 0.1) is 0 Å². The van der Waals surface area contributed by atoms with Crippen LogP contribution in [0.5, 0.6) is 0 Å². The topological polar surface area (TPSA) is 113 Å². The summed E-state index contributed by atoms with van der Waals surface area (Å²) in [5.74, 6) is -2.19. The fraction of sp³-hybridized carbons (Fsp3) is 0.389. The summed E-state index contributed by atoms with van der Waals surface area (Å²) in [6, 6.07) is 3.54. The van der Waals surface area contributed by atoms with E-state index in [1.165, 1.54) is 12.1 Å². The molecule has 1 saturated heterocycles. The molecule has 2 aliphatic heterocycles. The van der Waals surface area contributed by atoms with E-state index in [0.29, 0.717) is 18.7 Å². The molecule has 2 heterocycles. The van der Waals surface area contributed by atoms with Gasteiger partial charge in [-0.1, -0.05) is 6.07 Å². The summed E-state index contributed by atoms with van der Waals surface area (Å²) < 4.78 is 0. The lowest BCUT2D eigenvalue weighted by Gasteiger charge is -2.27. The number of amides is 5. The second-order valence-corrected chi connectivity index (χ2v) is 6.75. The maximum Gasteiger partial charge on any atom is 0.264 e. The van der Waals surface area contributed by atoms with Gasteiger partial charge >= 0.3 is 0 Å². The number of nitrogens with one attached hydrogen (secondary N) is 2. The summed E-state index contributed by atoms with van der Waals surface area (Å²) in [4.78, 5) is 61.9. The van der Waals surface area contributed by atoms with E-state index in [-0.39, 0.29) is 42.0 Å². The second-order valence-electron chi connectivity index (χ2n) is 6.37. The van der Waals surface area contributed by atoms with Crippen molar-refractivity contribution in [2.24, 2.45) is 0 Å². The van der Waals surface area contributed by atoms with E-state index in [1.807, 2.05) is 0 Å². The Morgan fingerprint density at radius 3 is 2.67 bits per heavy atom. The monoisotopic (exact) mass is 391 g/mol. The number of unbranched alkanes of at least 4 members (excludes halogenated alkanes) is 1. The first-order chi connectivity index (χ1) is 12.9. The van der Waals surface area contributed by atoms with E-state index in [1.54, 1.807) is 6.07 Å². The molecule has 1 aromatic rings. The predicted molar refractivity (Wildman–Crippen MR) is 96.3 cm³/mol. The first-order valence-corrected chi connectivity index (χ1v) is 9.18. The molecule has 9 heteroatoms. The summed E-state index contributed by atoms with van der Waals surface area (Å²) >= 11 is 5.59. The smallest absolute Gasteiger partial charge is 0.264 e. The molecule has 0 radical (unpaired) electrons. The van der Waals surface area contributed by atoms with Crippen molar-refractivity contribution in [3.8, 4) is 0 Å². The number of imide groups is 2. The molecule has 2 N–H and O–H groups in total. The van der Waals surface area contributed by atoms with E-state index in [2.05, 4.69) is 10.6 Å². The standard InChI is InChI=1S/C18H18ClN3O5/c19-9-2-1-6-13(23)20-11-5-3-4-10-15(11)18(27)22(17(10)26)12-7-8-14(24)21-16(12)25/h3-5,12H,1-2,6-9H2,(H,20,23)(H,21,24,25). The molecular formula is C18H18ClN3O5. The van der Waals surface area contributed by atoms with Crippen molar-refractivity contribution >= 4 is 46.8 Å². The van der Waals surface area contributed by atoms with Gasteiger partial charge in [-0.25, -0.2) is 0 Å². The van der Waals surface area contributed by atoms with Gasteiger partial charge in [0.25, 0.3) is 11.8 Å². The van der Waals surface area contributed by atoms with E-state index in [9.17, 15) is 24.0 Å². The zero-order valence-electron chi connectivity index (χ0n) is 14.4. The zero-order chi connectivity index (χ0) is 19.6. The van der Waals surface area contributed by atoms with Crippen LogP contribution in [0.1, 0.15) is 52.8 Å². The molecule has 142 valence electrons. The molecule has 0 aliphatic carbocycles. The third-order valence-electron chi connectivity index (χ3n) is 4.53. The van der Waals surface area contributed by atoms with Crippen LogP contribution in [-0.2, 0) is 14.4 Å². The number of fused-ring (bicyclic) bond motifs is 1. The zero-order valence-corrected chi connectivity index (χ0v) is 15.2. The average molecular weight is 392 g/mol. The quantitative estimate of drug-likeness (QED) is 0.433. The highest BCUT2D eigenvalue weighted by molar-refractivity contribution is 6.26. The van der Waals surface area contributed by atoms with Crippen molar-refractivity contribution in [3.05, 3.63) is 29.3 Å². The Bertz CT molecular complexity index is 838. The molecule has 1 atom stereocenters. The number of piperidine rings is 1. The summed E-state index contributed by atoms with van der Waals surface area (Å²) in [6.07, 6.45) is 1.68. The number of alkyl halides is 1. The van der Waals surface area contributed by atoms with Crippen LogP contribution in [0.15, 0.2) is 18.2 Å². The van der Waals surface area contributed by atoms with Crippen molar-refractivity contribution in [2.45, 2.75) is 38.1 Å². The highest BCUT2D eigenvalue weighted by Gasteiger charge is 2.45. The van der Waals surface area contributed by atoms with Crippen LogP contribution < -0.4 is 10.6 Å². The number of carbonyl (C=O) groups is 5. The van der Waals surface area contributed by atoms with Crippen LogP contribution in [0.4, 0.5) is 5.69 Å². The van der Waals surface area contributed by atoms with Crippen molar-refractivity contribution in [1.82, 2.24) is 10.2 Å². The van der Waals surface area contributed by atoms with Gasteiger partial charge in [0.05, 0.1) is 16.8 Å². The third-order valence-corrected chi connectivity index (χ3v) is 4.80. The Hall–Kier alpha value is -2.74. The normalized spacial score (nSPS) is 19.1. The van der Waals surface area contributed by atoms with Gasteiger partial charge < -0.3 is 5.32 Å². The third kappa shape index (κ3) is 3.71. The predicted octanol–water partition coefficient (Wildman–Crippen LogP) is 1.44. The first-order valence-electron chi connectivity index (χ1n) is 8.64. The summed E-state index contributed by atoms with van der Waals surface area (Å²) in [6.45, 7) is 0. The fourth-order valence-electron chi connectivity index (χ4n) is 3.21. The lowest BCUT2D eigenvalue weighted by Crippen LogP contribution is -2.54. The van der Waals surface area contributed by atoms with Crippen molar-refractivity contribution in [2.75, 3.05) is 11.2 Å². The summed E-state index contributed by atoms with van der Waals surface area (Å²) in [5, 5.41) is 4.80. The van der Waals surface area contributed by atoms with Gasteiger partial charge in [-0.2, -0.15) is 0 Å².